The highest BCUT2D eigenvalue weighted by Gasteiger charge is 2.20. The van der Waals surface area contributed by atoms with Gasteiger partial charge >= 0.3 is 5.69 Å². The number of rotatable bonds is 7. The minimum absolute atomic E-state index is 0.0101. The van der Waals surface area contributed by atoms with E-state index in [-0.39, 0.29) is 17.1 Å². The van der Waals surface area contributed by atoms with Gasteiger partial charge in [0.05, 0.1) is 11.3 Å². The van der Waals surface area contributed by atoms with E-state index in [1.165, 1.54) is 12.3 Å². The summed E-state index contributed by atoms with van der Waals surface area (Å²) < 4.78 is 1.97. The molecule has 8 heteroatoms. The van der Waals surface area contributed by atoms with Gasteiger partial charge in [0.25, 0.3) is 0 Å². The van der Waals surface area contributed by atoms with Gasteiger partial charge in [-0.15, -0.1) is 0 Å². The lowest BCUT2D eigenvalue weighted by molar-refractivity contribution is -0.384. The van der Waals surface area contributed by atoms with Gasteiger partial charge in [-0.25, -0.2) is 9.97 Å². The van der Waals surface area contributed by atoms with Gasteiger partial charge in [0.1, 0.15) is 11.6 Å². The van der Waals surface area contributed by atoms with E-state index in [1.807, 2.05) is 10.8 Å². The maximum Gasteiger partial charge on any atom is 0.328 e. The summed E-state index contributed by atoms with van der Waals surface area (Å²) in [5.41, 5.74) is -0.259. The molecule has 0 aliphatic heterocycles. The van der Waals surface area contributed by atoms with Gasteiger partial charge < -0.3 is 9.88 Å². The zero-order valence-electron chi connectivity index (χ0n) is 11.3. The number of nitrogens with zero attached hydrogens (tertiary/aromatic N) is 5. The first-order valence-corrected chi connectivity index (χ1v) is 6.45. The summed E-state index contributed by atoms with van der Waals surface area (Å²) in [6.07, 6.45) is 8.48. The van der Waals surface area contributed by atoms with Gasteiger partial charge in [0.2, 0.25) is 5.82 Å². The lowest BCUT2D eigenvalue weighted by Gasteiger charge is -2.07. The number of imidazole rings is 1. The molecule has 1 N–H and O–H groups in total. The van der Waals surface area contributed by atoms with Crippen LogP contribution in [-0.4, -0.2) is 26.0 Å². The van der Waals surface area contributed by atoms with Crippen LogP contribution in [0.1, 0.15) is 18.4 Å². The van der Waals surface area contributed by atoms with Crippen molar-refractivity contribution in [1.29, 1.82) is 5.26 Å². The second kappa shape index (κ2) is 7.00. The van der Waals surface area contributed by atoms with Crippen LogP contribution >= 0.6 is 0 Å². The first kappa shape index (κ1) is 14.5. The van der Waals surface area contributed by atoms with Crippen molar-refractivity contribution >= 4 is 11.5 Å². The topological polar surface area (TPSA) is 110 Å². The Morgan fingerprint density at radius 1 is 1.43 bits per heavy atom. The Hall–Kier alpha value is -2.95. The molecule has 0 saturated heterocycles. The molecule has 0 atom stereocenters. The molecule has 2 aromatic heterocycles. The molecule has 21 heavy (non-hydrogen) atoms. The molecule has 2 heterocycles. The van der Waals surface area contributed by atoms with Crippen molar-refractivity contribution in [2.75, 3.05) is 11.9 Å². The summed E-state index contributed by atoms with van der Waals surface area (Å²) in [5, 5.41) is 22.8. The number of pyridine rings is 1. The smallest absolute Gasteiger partial charge is 0.328 e. The Balaban J connectivity index is 1.88. The van der Waals surface area contributed by atoms with Crippen molar-refractivity contribution in [3.8, 4) is 6.07 Å². The Morgan fingerprint density at radius 2 is 2.29 bits per heavy atom. The summed E-state index contributed by atoms with van der Waals surface area (Å²) in [4.78, 5) is 18.3. The molecule has 2 rings (SSSR count). The van der Waals surface area contributed by atoms with Crippen molar-refractivity contribution in [2.45, 2.75) is 19.4 Å². The van der Waals surface area contributed by atoms with Crippen LogP contribution in [-0.2, 0) is 6.54 Å². The van der Waals surface area contributed by atoms with E-state index in [1.54, 1.807) is 18.6 Å². The van der Waals surface area contributed by atoms with Crippen molar-refractivity contribution in [3.05, 3.63) is 46.7 Å². The summed E-state index contributed by atoms with van der Waals surface area (Å²) >= 11 is 0. The number of nitro groups is 1. The molecule has 0 aromatic carbocycles. The van der Waals surface area contributed by atoms with Gasteiger partial charge in [0, 0.05) is 31.7 Å². The lowest BCUT2D eigenvalue weighted by atomic mass is 10.2. The largest absolute Gasteiger partial charge is 0.364 e. The van der Waals surface area contributed by atoms with Crippen LogP contribution in [0.4, 0.5) is 11.5 Å². The highest BCUT2D eigenvalue weighted by atomic mass is 16.6. The number of hydrogen-bond donors (Lipinski definition) is 1. The fourth-order valence-corrected chi connectivity index (χ4v) is 1.90. The van der Waals surface area contributed by atoms with E-state index in [0.29, 0.717) is 6.54 Å². The molecule has 0 amide bonds. The fourth-order valence-electron chi connectivity index (χ4n) is 1.90. The van der Waals surface area contributed by atoms with E-state index >= 15 is 0 Å². The Kier molecular flexibility index (Phi) is 4.82. The van der Waals surface area contributed by atoms with Gasteiger partial charge in [-0.05, 0) is 18.9 Å². The molecule has 0 fully saturated rings. The number of aromatic nitrogens is 3. The summed E-state index contributed by atoms with van der Waals surface area (Å²) in [7, 11) is 0. The van der Waals surface area contributed by atoms with Crippen LogP contribution < -0.4 is 5.32 Å². The average Bonchev–Trinajstić information content (AvgIpc) is 2.99. The molecule has 0 aliphatic carbocycles. The predicted octanol–water partition coefficient (Wildman–Crippen LogP) is 1.95. The summed E-state index contributed by atoms with van der Waals surface area (Å²) in [6.45, 7) is 1.40. The van der Waals surface area contributed by atoms with Crippen LogP contribution in [0.25, 0.3) is 0 Å². The maximum absolute atomic E-state index is 11.0. The molecule has 8 nitrogen and oxygen atoms in total. The summed E-state index contributed by atoms with van der Waals surface area (Å²) in [5.74, 6) is 0.140. The average molecular weight is 286 g/mol. The van der Waals surface area contributed by atoms with E-state index in [2.05, 4.69) is 15.3 Å². The third kappa shape index (κ3) is 3.76. The highest BCUT2D eigenvalue weighted by Crippen LogP contribution is 2.25. The molecule has 0 radical (unpaired) electrons. The van der Waals surface area contributed by atoms with Crippen LogP contribution in [0.3, 0.4) is 0 Å². The van der Waals surface area contributed by atoms with E-state index in [4.69, 9.17) is 5.26 Å². The first-order chi connectivity index (χ1) is 10.2. The number of nitrogens with one attached hydrogen (secondary N) is 1. The zero-order valence-corrected chi connectivity index (χ0v) is 11.3. The van der Waals surface area contributed by atoms with Gasteiger partial charge in [-0.2, -0.15) is 5.26 Å². The Labute approximate surface area is 121 Å². The second-order valence-electron chi connectivity index (χ2n) is 4.36. The SMILES string of the molecule is N#Cc1ccnc(NCCCCn2ccnc2)c1[N+](=O)[O-]. The molecule has 0 unspecified atom stereocenters. The van der Waals surface area contributed by atoms with Crippen LogP contribution in [0.15, 0.2) is 31.0 Å². The Bertz CT molecular complexity index is 647. The van der Waals surface area contributed by atoms with Crippen molar-refractivity contribution in [1.82, 2.24) is 14.5 Å². The number of hydrogen-bond acceptors (Lipinski definition) is 6. The highest BCUT2D eigenvalue weighted by molar-refractivity contribution is 5.63. The molecule has 0 aliphatic rings. The van der Waals surface area contributed by atoms with Gasteiger partial charge in [-0.1, -0.05) is 0 Å². The third-order valence-electron chi connectivity index (χ3n) is 2.92. The Morgan fingerprint density at radius 3 is 2.95 bits per heavy atom. The molecule has 0 saturated carbocycles. The number of unbranched alkanes of at least 4 members (excludes halogenated alkanes) is 1. The molecule has 0 spiro atoms. The lowest BCUT2D eigenvalue weighted by Crippen LogP contribution is -2.08. The molecule has 108 valence electrons. The van der Waals surface area contributed by atoms with Gasteiger partial charge in [0.15, 0.2) is 0 Å². The minimum atomic E-state index is -0.584. The molecular weight excluding hydrogens is 272 g/mol. The monoisotopic (exact) mass is 286 g/mol. The summed E-state index contributed by atoms with van der Waals surface area (Å²) in [6, 6.07) is 3.14. The maximum atomic E-state index is 11.0. The quantitative estimate of drug-likeness (QED) is 0.473. The van der Waals surface area contributed by atoms with Crippen molar-refractivity contribution < 1.29 is 4.92 Å². The van der Waals surface area contributed by atoms with Crippen LogP contribution in [0, 0.1) is 21.4 Å². The van der Waals surface area contributed by atoms with E-state index in [9.17, 15) is 10.1 Å². The number of anilines is 1. The van der Waals surface area contributed by atoms with Gasteiger partial charge in [-0.3, -0.25) is 10.1 Å². The van der Waals surface area contributed by atoms with Crippen LogP contribution in [0.5, 0.6) is 0 Å². The molecule has 0 bridgehead atoms. The zero-order chi connectivity index (χ0) is 15.1. The normalized spacial score (nSPS) is 10.0. The van der Waals surface area contributed by atoms with Crippen LogP contribution in [0.2, 0.25) is 0 Å². The van der Waals surface area contributed by atoms with E-state index in [0.717, 1.165) is 19.4 Å². The first-order valence-electron chi connectivity index (χ1n) is 6.45. The molecule has 2 aromatic rings. The third-order valence-corrected chi connectivity index (χ3v) is 2.92. The fraction of sp³-hybridized carbons (Fsp3) is 0.308. The second-order valence-corrected chi connectivity index (χ2v) is 4.36. The number of nitriles is 1. The van der Waals surface area contributed by atoms with Crippen molar-refractivity contribution in [2.24, 2.45) is 0 Å². The van der Waals surface area contributed by atoms with E-state index < -0.39 is 4.92 Å². The van der Waals surface area contributed by atoms with Crippen molar-refractivity contribution in [3.63, 3.8) is 0 Å². The minimum Gasteiger partial charge on any atom is -0.364 e. The standard InChI is InChI=1S/C13H14N6O2/c14-9-11-3-5-17-13(12(11)19(20)21)16-4-1-2-7-18-8-6-15-10-18/h3,5-6,8,10H,1-2,4,7H2,(H,16,17). The predicted molar refractivity (Wildman–Crippen MR) is 75.6 cm³/mol. The number of aryl methyl sites for hydroxylation is 1. The molecular formula is C13H14N6O2.